The van der Waals surface area contributed by atoms with Crippen LogP contribution in [0.4, 0.5) is 0 Å². The summed E-state index contributed by atoms with van der Waals surface area (Å²) in [6.45, 7) is 6.15. The Balaban J connectivity index is 2.32. The van der Waals surface area contributed by atoms with Crippen molar-refractivity contribution in [3.63, 3.8) is 0 Å². The van der Waals surface area contributed by atoms with E-state index in [1.807, 2.05) is 18.2 Å². The second-order valence-corrected chi connectivity index (χ2v) is 6.93. The van der Waals surface area contributed by atoms with E-state index in [1.165, 1.54) is 0 Å². The van der Waals surface area contributed by atoms with Gasteiger partial charge in [-0.25, -0.2) is 0 Å². The highest BCUT2D eigenvalue weighted by Gasteiger charge is 2.10. The second kappa shape index (κ2) is 8.80. The molecule has 0 heterocycles. The lowest BCUT2D eigenvalue weighted by molar-refractivity contribution is 0.0951. The molecule has 0 aliphatic carbocycles. The zero-order valence-electron chi connectivity index (χ0n) is 12.2. The zero-order valence-corrected chi connectivity index (χ0v) is 15.4. The molecule has 0 spiro atoms. The Hall–Kier alpha value is -0.390. The number of rotatable bonds is 7. The van der Waals surface area contributed by atoms with Gasteiger partial charge in [-0.15, -0.1) is 0 Å². The first kappa shape index (κ1) is 17.7. The minimum atomic E-state index is -0.0320. The average molecular weight is 406 g/mol. The molecule has 1 amide bonds. The van der Waals surface area contributed by atoms with E-state index < -0.39 is 0 Å². The molecule has 0 fully saturated rings. The molecule has 20 heavy (non-hydrogen) atoms. The van der Waals surface area contributed by atoms with Gasteiger partial charge in [-0.2, -0.15) is 0 Å². The summed E-state index contributed by atoms with van der Waals surface area (Å²) in [5, 5.41) is 2.96. The Labute approximate surface area is 138 Å². The molecule has 3 nitrogen and oxygen atoms in total. The van der Waals surface area contributed by atoms with E-state index in [0.29, 0.717) is 18.2 Å². The standard InChI is InChI=1S/C15H22Br2N2O/c1-11(2)19(3)9-5-4-8-18-15(20)13-10-12(16)6-7-14(13)17/h6-7,10-11H,4-5,8-9H2,1-3H3,(H,18,20). The summed E-state index contributed by atoms with van der Waals surface area (Å²) >= 11 is 6.78. The SMILES string of the molecule is CC(C)N(C)CCCCNC(=O)c1cc(Br)ccc1Br. The maximum atomic E-state index is 12.1. The average Bonchev–Trinajstić information content (AvgIpc) is 2.40. The van der Waals surface area contributed by atoms with E-state index in [4.69, 9.17) is 0 Å². The van der Waals surface area contributed by atoms with Crippen molar-refractivity contribution in [1.82, 2.24) is 10.2 Å². The molecule has 0 saturated carbocycles. The first-order chi connectivity index (χ1) is 9.41. The second-order valence-electron chi connectivity index (χ2n) is 5.16. The van der Waals surface area contributed by atoms with Crippen LogP contribution in [0.1, 0.15) is 37.0 Å². The number of nitrogens with one attached hydrogen (secondary N) is 1. The largest absolute Gasteiger partial charge is 0.352 e. The molecular formula is C15H22Br2N2O. The topological polar surface area (TPSA) is 32.3 Å². The fourth-order valence-corrected chi connectivity index (χ4v) is 2.50. The third-order valence-corrected chi connectivity index (χ3v) is 4.46. The van der Waals surface area contributed by atoms with E-state index in [9.17, 15) is 4.79 Å². The predicted octanol–water partition coefficient (Wildman–Crippen LogP) is 4.06. The number of halogens is 2. The van der Waals surface area contributed by atoms with Gasteiger partial charge in [0.15, 0.2) is 0 Å². The van der Waals surface area contributed by atoms with Crippen LogP contribution in [0.2, 0.25) is 0 Å². The highest BCUT2D eigenvalue weighted by atomic mass is 79.9. The van der Waals surface area contributed by atoms with Crippen molar-refractivity contribution in [2.45, 2.75) is 32.7 Å². The number of hydrogen-bond acceptors (Lipinski definition) is 2. The maximum absolute atomic E-state index is 12.1. The Bertz CT molecular complexity index is 449. The number of hydrogen-bond donors (Lipinski definition) is 1. The molecule has 1 rings (SSSR count). The van der Waals surface area contributed by atoms with Crippen LogP contribution in [0.5, 0.6) is 0 Å². The molecule has 0 aromatic heterocycles. The van der Waals surface area contributed by atoms with Gasteiger partial charge in [0, 0.05) is 21.5 Å². The van der Waals surface area contributed by atoms with Crippen molar-refractivity contribution in [1.29, 1.82) is 0 Å². The molecule has 0 saturated heterocycles. The van der Waals surface area contributed by atoms with Gasteiger partial charge in [0.25, 0.3) is 5.91 Å². The molecule has 0 aliphatic rings. The minimum Gasteiger partial charge on any atom is -0.352 e. The first-order valence-electron chi connectivity index (χ1n) is 6.85. The minimum absolute atomic E-state index is 0.0320. The predicted molar refractivity (Wildman–Crippen MR) is 91.2 cm³/mol. The summed E-state index contributed by atoms with van der Waals surface area (Å²) in [5.74, 6) is -0.0320. The van der Waals surface area contributed by atoms with Crippen LogP contribution in [-0.2, 0) is 0 Å². The molecule has 1 aromatic carbocycles. The van der Waals surface area contributed by atoms with Gasteiger partial charge in [-0.3, -0.25) is 4.79 Å². The fraction of sp³-hybridized carbons (Fsp3) is 0.533. The molecule has 112 valence electrons. The van der Waals surface area contributed by atoms with E-state index >= 15 is 0 Å². The van der Waals surface area contributed by atoms with E-state index in [1.54, 1.807) is 0 Å². The van der Waals surface area contributed by atoms with Gasteiger partial charge in [-0.1, -0.05) is 15.9 Å². The molecule has 1 aromatic rings. The lowest BCUT2D eigenvalue weighted by Gasteiger charge is -2.20. The monoisotopic (exact) mass is 404 g/mol. The Morgan fingerprint density at radius 2 is 2.00 bits per heavy atom. The maximum Gasteiger partial charge on any atom is 0.252 e. The summed E-state index contributed by atoms with van der Waals surface area (Å²) in [5.41, 5.74) is 0.665. The highest BCUT2D eigenvalue weighted by Crippen LogP contribution is 2.21. The fourth-order valence-electron chi connectivity index (χ4n) is 1.71. The van der Waals surface area contributed by atoms with Crippen LogP contribution in [0.25, 0.3) is 0 Å². The van der Waals surface area contributed by atoms with Gasteiger partial charge in [0.05, 0.1) is 5.56 Å². The lowest BCUT2D eigenvalue weighted by Crippen LogP contribution is -2.29. The smallest absolute Gasteiger partial charge is 0.252 e. The molecular weight excluding hydrogens is 384 g/mol. The van der Waals surface area contributed by atoms with Crippen LogP contribution in [0, 0.1) is 0 Å². The Morgan fingerprint density at radius 1 is 1.30 bits per heavy atom. The summed E-state index contributed by atoms with van der Waals surface area (Å²) in [4.78, 5) is 14.4. The number of nitrogens with zero attached hydrogens (tertiary/aromatic N) is 1. The molecule has 0 atom stereocenters. The van der Waals surface area contributed by atoms with Crippen molar-refractivity contribution in [3.8, 4) is 0 Å². The van der Waals surface area contributed by atoms with Crippen molar-refractivity contribution >= 4 is 37.8 Å². The van der Waals surface area contributed by atoms with Gasteiger partial charge in [0.2, 0.25) is 0 Å². The van der Waals surface area contributed by atoms with Crippen LogP contribution in [0.3, 0.4) is 0 Å². The first-order valence-corrected chi connectivity index (χ1v) is 8.44. The Kier molecular flexibility index (Phi) is 7.77. The summed E-state index contributed by atoms with van der Waals surface area (Å²) in [6, 6.07) is 6.17. The number of carbonyl (C=O) groups is 1. The van der Waals surface area contributed by atoms with Gasteiger partial charge < -0.3 is 10.2 Å². The molecule has 0 unspecified atom stereocenters. The van der Waals surface area contributed by atoms with Gasteiger partial charge in [-0.05, 0) is 74.4 Å². The number of benzene rings is 1. The lowest BCUT2D eigenvalue weighted by atomic mass is 10.2. The summed E-state index contributed by atoms with van der Waals surface area (Å²) in [6.07, 6.45) is 2.09. The third kappa shape index (κ3) is 5.94. The van der Waals surface area contributed by atoms with E-state index in [2.05, 4.69) is 63.0 Å². The number of carbonyl (C=O) groups excluding carboxylic acids is 1. The summed E-state index contributed by atoms with van der Waals surface area (Å²) in [7, 11) is 2.13. The van der Waals surface area contributed by atoms with Crippen molar-refractivity contribution in [2.24, 2.45) is 0 Å². The van der Waals surface area contributed by atoms with Crippen LogP contribution in [-0.4, -0.2) is 37.0 Å². The summed E-state index contributed by atoms with van der Waals surface area (Å²) < 4.78 is 1.72. The third-order valence-electron chi connectivity index (χ3n) is 3.28. The van der Waals surface area contributed by atoms with Crippen LogP contribution in [0.15, 0.2) is 27.1 Å². The zero-order chi connectivity index (χ0) is 15.1. The Morgan fingerprint density at radius 3 is 2.65 bits per heavy atom. The van der Waals surface area contributed by atoms with Crippen molar-refractivity contribution < 1.29 is 4.79 Å². The highest BCUT2D eigenvalue weighted by molar-refractivity contribution is 9.11. The van der Waals surface area contributed by atoms with E-state index in [-0.39, 0.29) is 5.91 Å². The van der Waals surface area contributed by atoms with Gasteiger partial charge in [0.1, 0.15) is 0 Å². The van der Waals surface area contributed by atoms with Crippen molar-refractivity contribution in [3.05, 3.63) is 32.7 Å². The van der Waals surface area contributed by atoms with Crippen LogP contribution >= 0.6 is 31.9 Å². The van der Waals surface area contributed by atoms with Crippen molar-refractivity contribution in [2.75, 3.05) is 20.1 Å². The molecule has 0 radical (unpaired) electrons. The quantitative estimate of drug-likeness (QED) is 0.693. The van der Waals surface area contributed by atoms with Crippen LogP contribution < -0.4 is 5.32 Å². The molecule has 1 N–H and O–H groups in total. The van der Waals surface area contributed by atoms with Gasteiger partial charge >= 0.3 is 0 Å². The molecule has 0 bridgehead atoms. The normalized spacial score (nSPS) is 11.2. The number of unbranched alkanes of at least 4 members (excludes halogenated alkanes) is 1. The number of amides is 1. The molecule has 0 aliphatic heterocycles. The van der Waals surface area contributed by atoms with E-state index in [0.717, 1.165) is 28.3 Å². The molecule has 5 heteroatoms.